The van der Waals surface area contributed by atoms with Crippen LogP contribution >= 0.6 is 0 Å². The topological polar surface area (TPSA) is 58.8 Å². The lowest BCUT2D eigenvalue weighted by Gasteiger charge is -2.58. The summed E-state index contributed by atoms with van der Waals surface area (Å²) in [5.41, 5.74) is 6.85. The highest BCUT2D eigenvalue weighted by molar-refractivity contribution is 5.89. The van der Waals surface area contributed by atoms with Gasteiger partial charge in [0.25, 0.3) is 0 Å². The molecule has 5 nitrogen and oxygen atoms in total. The van der Waals surface area contributed by atoms with Crippen LogP contribution in [0.3, 0.4) is 0 Å². The number of ether oxygens (including phenoxy) is 1. The van der Waals surface area contributed by atoms with Crippen LogP contribution in [0.5, 0.6) is 0 Å². The summed E-state index contributed by atoms with van der Waals surface area (Å²) in [7, 11) is 0. The van der Waals surface area contributed by atoms with Crippen LogP contribution in [0.2, 0.25) is 0 Å². The van der Waals surface area contributed by atoms with E-state index in [1.54, 1.807) is 0 Å². The van der Waals surface area contributed by atoms with Gasteiger partial charge in [0.05, 0.1) is 6.10 Å². The van der Waals surface area contributed by atoms with Crippen molar-refractivity contribution < 1.29 is 9.53 Å². The highest BCUT2D eigenvalue weighted by atomic mass is 16.5. The van der Waals surface area contributed by atoms with Crippen molar-refractivity contribution in [2.45, 2.75) is 58.7 Å². The summed E-state index contributed by atoms with van der Waals surface area (Å²) in [6.07, 6.45) is 1.82. The summed E-state index contributed by atoms with van der Waals surface area (Å²) < 4.78 is 5.80. The molecule has 1 saturated carbocycles. The molecule has 0 aromatic heterocycles. The Labute approximate surface area is 170 Å². The Morgan fingerprint density at radius 3 is 2.61 bits per heavy atom. The number of carbonyl (C=O) groups is 1. The number of nitrogens with two attached hydrogens (primary N) is 1. The largest absolute Gasteiger partial charge is 0.378 e. The molecule has 28 heavy (non-hydrogen) atoms. The lowest BCUT2D eigenvalue weighted by molar-refractivity contribution is -0.179. The number of nitrogens with zero attached hydrogens (tertiary/aromatic N) is 2. The van der Waals surface area contributed by atoms with Crippen molar-refractivity contribution in [2.24, 2.45) is 17.1 Å². The van der Waals surface area contributed by atoms with Crippen molar-refractivity contribution in [3.8, 4) is 0 Å². The van der Waals surface area contributed by atoms with Gasteiger partial charge in [-0.05, 0) is 38.3 Å². The van der Waals surface area contributed by atoms with Crippen LogP contribution in [0.1, 0.15) is 46.1 Å². The third-order valence-electron chi connectivity index (χ3n) is 6.98. The number of benzene rings is 1. The summed E-state index contributed by atoms with van der Waals surface area (Å²) in [5, 5.41) is 0. The van der Waals surface area contributed by atoms with E-state index >= 15 is 0 Å². The van der Waals surface area contributed by atoms with Gasteiger partial charge < -0.3 is 15.4 Å². The summed E-state index contributed by atoms with van der Waals surface area (Å²) >= 11 is 0. The third kappa shape index (κ3) is 3.98. The Morgan fingerprint density at radius 2 is 2.00 bits per heavy atom. The van der Waals surface area contributed by atoms with E-state index in [4.69, 9.17) is 10.5 Å². The van der Waals surface area contributed by atoms with Crippen LogP contribution in [-0.4, -0.2) is 60.1 Å². The maximum Gasteiger partial charge on any atom is 0.243 e. The van der Waals surface area contributed by atoms with Crippen LogP contribution in [-0.2, 0) is 16.1 Å². The lowest BCUT2D eigenvalue weighted by atomic mass is 9.54. The second kappa shape index (κ2) is 8.52. The number of hydrogen-bond donors (Lipinski definition) is 1. The van der Waals surface area contributed by atoms with Gasteiger partial charge in [-0.15, -0.1) is 0 Å². The number of rotatable bonds is 8. The molecular formula is C23H37N3O2. The molecule has 1 heterocycles. The van der Waals surface area contributed by atoms with E-state index in [1.165, 1.54) is 5.56 Å². The molecule has 1 saturated heterocycles. The highest BCUT2D eigenvalue weighted by Gasteiger charge is 2.63. The number of likely N-dealkylation sites (N-methyl/N-ethyl adjacent to an activating group) is 1. The van der Waals surface area contributed by atoms with E-state index in [0.717, 1.165) is 32.6 Å². The maximum absolute atomic E-state index is 13.3. The minimum absolute atomic E-state index is 0.0676. The van der Waals surface area contributed by atoms with Crippen LogP contribution in [0, 0.1) is 11.3 Å². The van der Waals surface area contributed by atoms with E-state index in [0.29, 0.717) is 25.5 Å². The van der Waals surface area contributed by atoms with Crippen LogP contribution in [0.25, 0.3) is 0 Å². The van der Waals surface area contributed by atoms with Gasteiger partial charge in [0.1, 0.15) is 5.54 Å². The highest BCUT2D eigenvalue weighted by Crippen LogP contribution is 2.50. The van der Waals surface area contributed by atoms with Gasteiger partial charge >= 0.3 is 0 Å². The first kappa shape index (κ1) is 21.3. The van der Waals surface area contributed by atoms with Gasteiger partial charge in [-0.25, -0.2) is 0 Å². The molecule has 1 amide bonds. The zero-order chi connectivity index (χ0) is 20.4. The van der Waals surface area contributed by atoms with E-state index in [9.17, 15) is 4.79 Å². The van der Waals surface area contributed by atoms with Crippen molar-refractivity contribution in [2.75, 3.05) is 32.8 Å². The Hall–Kier alpha value is -1.43. The van der Waals surface area contributed by atoms with Crippen molar-refractivity contribution in [3.63, 3.8) is 0 Å². The summed E-state index contributed by atoms with van der Waals surface area (Å²) in [6.45, 7) is 13.5. The predicted molar refractivity (Wildman–Crippen MR) is 113 cm³/mol. The molecule has 156 valence electrons. The fraction of sp³-hybridized carbons (Fsp3) is 0.696. The minimum Gasteiger partial charge on any atom is -0.378 e. The lowest BCUT2D eigenvalue weighted by Crippen LogP contribution is -2.76. The fourth-order valence-corrected chi connectivity index (χ4v) is 4.79. The normalized spacial score (nSPS) is 29.5. The molecule has 2 N–H and O–H groups in total. The quantitative estimate of drug-likeness (QED) is 0.745. The van der Waals surface area contributed by atoms with E-state index in [2.05, 4.69) is 56.0 Å². The zero-order valence-electron chi connectivity index (χ0n) is 18.0. The molecule has 0 spiro atoms. The molecule has 3 rings (SSSR count). The van der Waals surface area contributed by atoms with Crippen LogP contribution in [0.15, 0.2) is 30.3 Å². The zero-order valence-corrected chi connectivity index (χ0v) is 18.0. The van der Waals surface area contributed by atoms with E-state index < -0.39 is 5.54 Å². The van der Waals surface area contributed by atoms with Crippen LogP contribution < -0.4 is 5.73 Å². The first-order valence-corrected chi connectivity index (χ1v) is 10.8. The Balaban J connectivity index is 1.56. The first-order valence-electron chi connectivity index (χ1n) is 10.8. The summed E-state index contributed by atoms with van der Waals surface area (Å²) in [5.74, 6) is 0.611. The van der Waals surface area contributed by atoms with Gasteiger partial charge in [0.15, 0.2) is 0 Å². The van der Waals surface area contributed by atoms with Crippen LogP contribution in [0.4, 0.5) is 0 Å². The van der Waals surface area contributed by atoms with E-state index in [-0.39, 0.29) is 17.4 Å². The second-order valence-corrected chi connectivity index (χ2v) is 9.06. The number of likely N-dealkylation sites (tertiary alicyclic amines) is 1. The second-order valence-electron chi connectivity index (χ2n) is 9.06. The monoisotopic (exact) mass is 387 g/mol. The fourth-order valence-electron chi connectivity index (χ4n) is 4.79. The molecule has 1 aliphatic heterocycles. The Bertz CT molecular complexity index is 663. The van der Waals surface area contributed by atoms with Crippen molar-refractivity contribution in [3.05, 3.63) is 35.9 Å². The van der Waals surface area contributed by atoms with Crippen molar-refractivity contribution in [1.29, 1.82) is 0 Å². The predicted octanol–water partition coefficient (Wildman–Crippen LogP) is 2.89. The average Bonchev–Trinajstić information content (AvgIpc) is 3.13. The minimum atomic E-state index is -0.814. The van der Waals surface area contributed by atoms with Gasteiger partial charge in [-0.2, -0.15) is 0 Å². The molecule has 2 aliphatic rings. The maximum atomic E-state index is 13.3. The average molecular weight is 388 g/mol. The van der Waals surface area contributed by atoms with Gasteiger partial charge in [0.2, 0.25) is 5.91 Å². The molecule has 3 atom stereocenters. The molecule has 1 aromatic carbocycles. The SMILES string of the molecule is CCOC1CC(N)(C(=O)N(CC)CC2CCN(Cc3ccccc3)C2)C1(C)C. The molecule has 1 aliphatic carbocycles. The summed E-state index contributed by atoms with van der Waals surface area (Å²) in [6, 6.07) is 10.6. The van der Waals surface area contributed by atoms with Gasteiger partial charge in [-0.1, -0.05) is 44.2 Å². The van der Waals surface area contributed by atoms with Gasteiger partial charge in [-0.3, -0.25) is 9.69 Å². The molecule has 0 bridgehead atoms. The molecule has 3 unspecified atom stereocenters. The Morgan fingerprint density at radius 1 is 1.29 bits per heavy atom. The summed E-state index contributed by atoms with van der Waals surface area (Å²) in [4.78, 5) is 17.8. The molecule has 1 aromatic rings. The van der Waals surface area contributed by atoms with Crippen molar-refractivity contribution in [1.82, 2.24) is 9.80 Å². The third-order valence-corrected chi connectivity index (χ3v) is 6.98. The smallest absolute Gasteiger partial charge is 0.243 e. The van der Waals surface area contributed by atoms with Crippen molar-refractivity contribution >= 4 is 5.91 Å². The molecule has 5 heteroatoms. The number of hydrogen-bond acceptors (Lipinski definition) is 4. The Kier molecular flexibility index (Phi) is 6.47. The first-order chi connectivity index (χ1) is 13.3. The molecule has 2 fully saturated rings. The standard InChI is InChI=1S/C23H37N3O2/c1-5-26(21(27)23(24)14-20(28-6-2)22(23,3)4)17-19-12-13-25(16-19)15-18-10-8-7-9-11-18/h7-11,19-20H,5-6,12-17,24H2,1-4H3. The van der Waals surface area contributed by atoms with E-state index in [1.807, 2.05) is 11.8 Å². The van der Waals surface area contributed by atoms with Gasteiger partial charge in [0, 0.05) is 44.6 Å². The molecule has 0 radical (unpaired) electrons. The number of carbonyl (C=O) groups excluding carboxylic acids is 1. The molecular weight excluding hydrogens is 350 g/mol. The number of amides is 1.